The number of hydrogen-bond acceptors (Lipinski definition) is 4. The molecule has 2 N–H and O–H groups in total. The van der Waals surface area contributed by atoms with Gasteiger partial charge in [-0.05, 0) is 5.87 Å². The third kappa shape index (κ3) is 0.973. The molecule has 0 aliphatic carbocycles. The maximum Gasteiger partial charge on any atom is 0.204 e. The van der Waals surface area contributed by atoms with Gasteiger partial charge in [0.1, 0.15) is 23.1 Å². The quantitative estimate of drug-likeness (QED) is 0.458. The van der Waals surface area contributed by atoms with Gasteiger partial charge in [0.2, 0.25) is 5.42 Å². The maximum absolute atomic E-state index is 8.44. The van der Waals surface area contributed by atoms with E-state index in [-0.39, 0.29) is 16.2 Å². The smallest absolute Gasteiger partial charge is 0.204 e. The first-order chi connectivity index (χ1) is 5.33. The normalized spacial score (nSPS) is 7.91. The highest BCUT2D eigenvalue weighted by Gasteiger charge is 1.98. The van der Waals surface area contributed by atoms with Crippen LogP contribution in [0.15, 0.2) is 10.7 Å². The standard InChI is InChI=1S/C7H3N3O/c8-1-5-4-11-7(3-10)6(5)2-9/h4,9-10H. The van der Waals surface area contributed by atoms with Gasteiger partial charge in [0.15, 0.2) is 0 Å². The van der Waals surface area contributed by atoms with Crippen LogP contribution < -0.4 is 10.6 Å². The van der Waals surface area contributed by atoms with E-state index >= 15 is 0 Å². The molecular formula is C7H3N3O. The highest BCUT2D eigenvalue weighted by molar-refractivity contribution is 5.57. The number of rotatable bonds is 0. The summed E-state index contributed by atoms with van der Waals surface area (Å²) in [7, 11) is 0. The highest BCUT2D eigenvalue weighted by atomic mass is 16.3. The SMILES string of the molecule is N#Cc1coc(=C=N)c1=C=N. The van der Waals surface area contributed by atoms with Crippen LogP contribution in [0.25, 0.3) is 0 Å². The molecule has 0 fully saturated rings. The van der Waals surface area contributed by atoms with Crippen LogP contribution in [0.1, 0.15) is 5.56 Å². The summed E-state index contributed by atoms with van der Waals surface area (Å²) in [4.78, 5) is 0. The number of furan rings is 1. The van der Waals surface area contributed by atoms with E-state index in [9.17, 15) is 0 Å². The molecule has 0 saturated heterocycles. The van der Waals surface area contributed by atoms with Gasteiger partial charge in [0.25, 0.3) is 0 Å². The molecule has 0 aromatic carbocycles. The van der Waals surface area contributed by atoms with E-state index in [4.69, 9.17) is 20.5 Å². The second-order valence-corrected chi connectivity index (χ2v) is 1.72. The van der Waals surface area contributed by atoms with Gasteiger partial charge in [-0.3, -0.25) is 10.8 Å². The van der Waals surface area contributed by atoms with E-state index in [0.717, 1.165) is 0 Å². The molecule has 1 rings (SSSR count). The predicted molar refractivity (Wildman–Crippen MR) is 36.3 cm³/mol. The minimum atomic E-state index is 0.0663. The molecule has 0 radical (unpaired) electrons. The summed E-state index contributed by atoms with van der Waals surface area (Å²) < 4.78 is 4.72. The Morgan fingerprint density at radius 3 is 2.55 bits per heavy atom. The summed E-state index contributed by atoms with van der Waals surface area (Å²) in [5.74, 6) is 3.95. The Morgan fingerprint density at radius 2 is 2.09 bits per heavy atom. The predicted octanol–water partition coefficient (Wildman–Crippen LogP) is -1.01. The fraction of sp³-hybridized carbons (Fsp3) is 0. The molecule has 0 aliphatic heterocycles. The first kappa shape index (κ1) is 7.04. The fourth-order valence-electron chi connectivity index (χ4n) is 0.656. The van der Waals surface area contributed by atoms with Gasteiger partial charge in [0.05, 0.1) is 0 Å². The monoisotopic (exact) mass is 145 g/mol. The molecule has 1 heterocycles. The number of nitrogens with zero attached hydrogens (tertiary/aromatic N) is 1. The van der Waals surface area contributed by atoms with Crippen LogP contribution in [0.4, 0.5) is 0 Å². The Morgan fingerprint density at radius 1 is 1.36 bits per heavy atom. The summed E-state index contributed by atoms with van der Waals surface area (Å²) in [6, 6.07) is 1.80. The van der Waals surface area contributed by atoms with Crippen molar-refractivity contribution in [3.05, 3.63) is 22.5 Å². The van der Waals surface area contributed by atoms with Gasteiger partial charge in [-0.25, -0.2) is 0 Å². The minimum absolute atomic E-state index is 0.0663. The summed E-state index contributed by atoms with van der Waals surface area (Å²) in [5, 5.41) is 22.1. The molecule has 0 amide bonds. The van der Waals surface area contributed by atoms with Crippen LogP contribution in [0.2, 0.25) is 0 Å². The lowest BCUT2D eigenvalue weighted by molar-refractivity contribution is 0.533. The van der Waals surface area contributed by atoms with E-state index in [2.05, 4.69) is 0 Å². The molecular weight excluding hydrogens is 142 g/mol. The summed E-state index contributed by atoms with van der Waals surface area (Å²) >= 11 is 0. The van der Waals surface area contributed by atoms with E-state index in [0.29, 0.717) is 0 Å². The maximum atomic E-state index is 8.44. The van der Waals surface area contributed by atoms with Crippen LogP contribution >= 0.6 is 0 Å². The van der Waals surface area contributed by atoms with Gasteiger partial charge in [-0.1, -0.05) is 0 Å². The Bertz CT molecular complexity index is 467. The highest BCUT2D eigenvalue weighted by Crippen LogP contribution is 1.80. The van der Waals surface area contributed by atoms with Gasteiger partial charge >= 0.3 is 0 Å². The van der Waals surface area contributed by atoms with Crippen molar-refractivity contribution in [1.82, 2.24) is 0 Å². The summed E-state index contributed by atoms with van der Waals surface area (Å²) in [6.07, 6.45) is 1.17. The zero-order valence-corrected chi connectivity index (χ0v) is 5.43. The number of hydrogen-bond donors (Lipinski definition) is 2. The van der Waals surface area contributed by atoms with Crippen LogP contribution in [-0.2, 0) is 0 Å². The van der Waals surface area contributed by atoms with E-state index < -0.39 is 0 Å². The van der Waals surface area contributed by atoms with Crippen molar-refractivity contribution in [2.45, 2.75) is 0 Å². The topological polar surface area (TPSA) is 84.6 Å². The lowest BCUT2D eigenvalue weighted by Gasteiger charge is -1.65. The average Bonchev–Trinajstić information content (AvgIpc) is 2.45. The second kappa shape index (κ2) is 2.68. The van der Waals surface area contributed by atoms with Gasteiger partial charge < -0.3 is 4.42 Å². The average molecular weight is 145 g/mol. The Labute approximate surface area is 61.7 Å². The number of nitrogens with one attached hydrogen (secondary N) is 2. The van der Waals surface area contributed by atoms with Crippen molar-refractivity contribution >= 4 is 11.7 Å². The first-order valence-corrected chi connectivity index (χ1v) is 2.70. The largest absolute Gasteiger partial charge is 0.452 e. The van der Waals surface area contributed by atoms with Gasteiger partial charge in [-0.2, -0.15) is 5.26 Å². The number of nitriles is 1. The van der Waals surface area contributed by atoms with Crippen molar-refractivity contribution in [3.8, 4) is 6.07 Å². The van der Waals surface area contributed by atoms with Crippen LogP contribution in [0.5, 0.6) is 0 Å². The molecule has 4 heteroatoms. The van der Waals surface area contributed by atoms with Crippen molar-refractivity contribution in [2.75, 3.05) is 0 Å². The van der Waals surface area contributed by atoms with Crippen LogP contribution in [0.3, 0.4) is 0 Å². The zero-order chi connectivity index (χ0) is 8.27. The molecule has 4 nitrogen and oxygen atoms in total. The lowest BCUT2D eigenvalue weighted by atomic mass is 10.3. The minimum Gasteiger partial charge on any atom is -0.452 e. The zero-order valence-electron chi connectivity index (χ0n) is 5.43. The Hall–Kier alpha value is -2.07. The molecule has 52 valence electrons. The van der Waals surface area contributed by atoms with Crippen molar-refractivity contribution in [3.63, 3.8) is 0 Å². The van der Waals surface area contributed by atoms with E-state index in [1.165, 1.54) is 6.26 Å². The molecule has 0 bridgehead atoms. The van der Waals surface area contributed by atoms with Crippen LogP contribution in [-0.4, -0.2) is 11.7 Å². The third-order valence-corrected chi connectivity index (χ3v) is 1.15. The fourth-order valence-corrected chi connectivity index (χ4v) is 0.656. The van der Waals surface area contributed by atoms with Gasteiger partial charge in [-0.15, -0.1) is 0 Å². The molecule has 0 atom stereocenters. The molecule has 0 aliphatic rings. The molecule has 0 saturated carbocycles. The van der Waals surface area contributed by atoms with Crippen molar-refractivity contribution < 1.29 is 4.42 Å². The van der Waals surface area contributed by atoms with E-state index in [1.54, 1.807) is 6.07 Å². The van der Waals surface area contributed by atoms with Crippen molar-refractivity contribution in [1.29, 1.82) is 16.1 Å². The molecule has 11 heavy (non-hydrogen) atoms. The first-order valence-electron chi connectivity index (χ1n) is 2.70. The van der Waals surface area contributed by atoms with Crippen molar-refractivity contribution in [2.24, 2.45) is 0 Å². The second-order valence-electron chi connectivity index (χ2n) is 1.72. The van der Waals surface area contributed by atoms with Crippen LogP contribution in [0, 0.1) is 22.1 Å². The summed E-state index contributed by atoms with van der Waals surface area (Å²) in [6.45, 7) is 0. The lowest BCUT2D eigenvalue weighted by Crippen LogP contribution is -2.24. The summed E-state index contributed by atoms with van der Waals surface area (Å²) in [5.41, 5.74) is 0.270. The Balaban J connectivity index is 3.93. The Kier molecular flexibility index (Phi) is 1.71. The van der Waals surface area contributed by atoms with Gasteiger partial charge in [0, 0.05) is 5.87 Å². The molecule has 1 aromatic heterocycles. The third-order valence-electron chi connectivity index (χ3n) is 1.15. The molecule has 0 spiro atoms. The van der Waals surface area contributed by atoms with E-state index in [1.807, 2.05) is 11.7 Å². The molecule has 0 unspecified atom stereocenters. The molecule has 1 aromatic rings.